The molecule has 164 valence electrons. The van der Waals surface area contributed by atoms with Gasteiger partial charge in [0.05, 0.1) is 16.9 Å². The lowest BCUT2D eigenvalue weighted by Gasteiger charge is -2.13. The maximum absolute atomic E-state index is 12.6. The standard InChI is InChI=1S/C23H21N3O5S/c1-4-30-19-11-16(21-24-22(27)20-13(2)14(3)32-23(20)25-21)7-10-18(19)31-12-15-5-8-17(9-6-15)26(28)29/h5-11H,4,12H2,1-3H3,(H,24,25,27). The molecule has 0 aliphatic heterocycles. The Balaban J connectivity index is 1.62. The van der Waals surface area contributed by atoms with E-state index in [1.807, 2.05) is 26.8 Å². The Bertz CT molecular complexity index is 1360. The zero-order chi connectivity index (χ0) is 22.8. The fourth-order valence-electron chi connectivity index (χ4n) is 3.31. The molecule has 0 aliphatic rings. The molecular weight excluding hydrogens is 430 g/mol. The van der Waals surface area contributed by atoms with E-state index in [2.05, 4.69) is 9.97 Å². The number of aryl methyl sites for hydroxylation is 2. The van der Waals surface area contributed by atoms with Gasteiger partial charge < -0.3 is 14.5 Å². The predicted molar refractivity (Wildman–Crippen MR) is 124 cm³/mol. The number of nitro benzene ring substituents is 1. The van der Waals surface area contributed by atoms with Crippen molar-refractivity contribution >= 4 is 27.2 Å². The summed E-state index contributed by atoms with van der Waals surface area (Å²) in [5.74, 6) is 1.51. The number of aromatic nitrogens is 2. The fourth-order valence-corrected chi connectivity index (χ4v) is 4.34. The molecule has 0 amide bonds. The molecule has 32 heavy (non-hydrogen) atoms. The van der Waals surface area contributed by atoms with Crippen LogP contribution in [0.25, 0.3) is 21.6 Å². The zero-order valence-corrected chi connectivity index (χ0v) is 18.6. The van der Waals surface area contributed by atoms with Crippen LogP contribution in [-0.4, -0.2) is 21.5 Å². The molecule has 4 aromatic rings. The first kappa shape index (κ1) is 21.5. The number of hydrogen-bond acceptors (Lipinski definition) is 7. The first-order valence-electron chi connectivity index (χ1n) is 10.0. The lowest BCUT2D eigenvalue weighted by Crippen LogP contribution is -2.09. The molecule has 2 aromatic heterocycles. The van der Waals surface area contributed by atoms with Gasteiger partial charge in [-0.3, -0.25) is 14.9 Å². The molecule has 1 N–H and O–H groups in total. The van der Waals surface area contributed by atoms with Gasteiger partial charge >= 0.3 is 0 Å². The SMILES string of the molecule is CCOc1cc(-c2nc3sc(C)c(C)c3c(=O)[nH]2)ccc1OCc1ccc([N+](=O)[O-])cc1. The molecule has 2 heterocycles. The molecule has 4 rings (SSSR count). The molecule has 9 heteroatoms. The summed E-state index contributed by atoms with van der Waals surface area (Å²) in [5.41, 5.74) is 2.32. The normalized spacial score (nSPS) is 11.0. The first-order chi connectivity index (χ1) is 15.4. The number of H-pyrrole nitrogens is 1. The zero-order valence-electron chi connectivity index (χ0n) is 17.8. The molecule has 0 spiro atoms. The van der Waals surface area contributed by atoms with E-state index < -0.39 is 4.92 Å². The number of ether oxygens (including phenoxy) is 2. The van der Waals surface area contributed by atoms with Crippen molar-refractivity contribution < 1.29 is 14.4 Å². The second-order valence-corrected chi connectivity index (χ2v) is 8.39. The highest BCUT2D eigenvalue weighted by Gasteiger charge is 2.15. The Labute approximate surface area is 187 Å². The summed E-state index contributed by atoms with van der Waals surface area (Å²) in [6.07, 6.45) is 0. The molecule has 0 bridgehead atoms. The van der Waals surface area contributed by atoms with Crippen LogP contribution in [0, 0.1) is 24.0 Å². The van der Waals surface area contributed by atoms with Gasteiger partial charge in [0.1, 0.15) is 17.3 Å². The lowest BCUT2D eigenvalue weighted by molar-refractivity contribution is -0.384. The van der Waals surface area contributed by atoms with E-state index in [0.717, 1.165) is 16.0 Å². The minimum Gasteiger partial charge on any atom is -0.490 e. The minimum atomic E-state index is -0.439. The van der Waals surface area contributed by atoms with Crippen LogP contribution in [0.4, 0.5) is 5.69 Å². The van der Waals surface area contributed by atoms with Gasteiger partial charge in [-0.15, -0.1) is 11.3 Å². The highest BCUT2D eigenvalue weighted by Crippen LogP contribution is 2.33. The Morgan fingerprint density at radius 2 is 1.84 bits per heavy atom. The lowest BCUT2D eigenvalue weighted by atomic mass is 10.1. The second-order valence-electron chi connectivity index (χ2n) is 7.18. The Morgan fingerprint density at radius 3 is 2.53 bits per heavy atom. The molecule has 0 atom stereocenters. The van der Waals surface area contributed by atoms with Crippen molar-refractivity contribution in [1.82, 2.24) is 9.97 Å². The molecule has 0 radical (unpaired) electrons. The van der Waals surface area contributed by atoms with E-state index in [0.29, 0.717) is 39.7 Å². The number of non-ortho nitro benzene ring substituents is 1. The minimum absolute atomic E-state index is 0.0303. The van der Waals surface area contributed by atoms with E-state index in [-0.39, 0.29) is 17.9 Å². The van der Waals surface area contributed by atoms with Crippen LogP contribution in [0.15, 0.2) is 47.3 Å². The van der Waals surface area contributed by atoms with Crippen molar-refractivity contribution in [1.29, 1.82) is 0 Å². The van der Waals surface area contributed by atoms with Crippen molar-refractivity contribution in [3.05, 3.63) is 78.9 Å². The number of fused-ring (bicyclic) bond motifs is 1. The van der Waals surface area contributed by atoms with Gasteiger partial charge in [0.2, 0.25) is 0 Å². The van der Waals surface area contributed by atoms with Gasteiger partial charge in [-0.25, -0.2) is 4.98 Å². The summed E-state index contributed by atoms with van der Waals surface area (Å²) >= 11 is 1.50. The summed E-state index contributed by atoms with van der Waals surface area (Å²) in [5, 5.41) is 11.4. The van der Waals surface area contributed by atoms with Crippen LogP contribution in [0.5, 0.6) is 11.5 Å². The number of benzene rings is 2. The molecule has 0 aliphatic carbocycles. The maximum atomic E-state index is 12.6. The molecule has 2 aromatic carbocycles. The van der Waals surface area contributed by atoms with Crippen LogP contribution in [0.2, 0.25) is 0 Å². The molecule has 8 nitrogen and oxygen atoms in total. The summed E-state index contributed by atoms with van der Waals surface area (Å²) in [6, 6.07) is 11.6. The van der Waals surface area contributed by atoms with Crippen LogP contribution >= 0.6 is 11.3 Å². The van der Waals surface area contributed by atoms with Crippen LogP contribution in [0.1, 0.15) is 22.9 Å². The van der Waals surface area contributed by atoms with Crippen molar-refractivity contribution in [2.45, 2.75) is 27.4 Å². The summed E-state index contributed by atoms with van der Waals surface area (Å²) in [7, 11) is 0. The summed E-state index contributed by atoms with van der Waals surface area (Å²) in [6.45, 7) is 6.44. The van der Waals surface area contributed by atoms with E-state index in [1.165, 1.54) is 23.5 Å². The Morgan fingerprint density at radius 1 is 1.09 bits per heavy atom. The molecule has 0 saturated heterocycles. The van der Waals surface area contributed by atoms with Gasteiger partial charge in [-0.2, -0.15) is 0 Å². The van der Waals surface area contributed by atoms with Gasteiger partial charge in [-0.05, 0) is 62.2 Å². The van der Waals surface area contributed by atoms with Crippen LogP contribution in [0.3, 0.4) is 0 Å². The number of nitrogens with zero attached hydrogens (tertiary/aromatic N) is 2. The number of aromatic amines is 1. The number of nitrogens with one attached hydrogen (secondary N) is 1. The first-order valence-corrected chi connectivity index (χ1v) is 10.8. The van der Waals surface area contributed by atoms with Crippen molar-refractivity contribution in [3.8, 4) is 22.9 Å². The third kappa shape index (κ3) is 4.19. The molecular formula is C23H21N3O5S. The van der Waals surface area contributed by atoms with E-state index in [1.54, 1.807) is 24.3 Å². The average molecular weight is 452 g/mol. The maximum Gasteiger partial charge on any atom is 0.269 e. The highest BCUT2D eigenvalue weighted by atomic mass is 32.1. The van der Waals surface area contributed by atoms with Crippen molar-refractivity contribution in [3.63, 3.8) is 0 Å². The van der Waals surface area contributed by atoms with Crippen LogP contribution in [-0.2, 0) is 6.61 Å². The van der Waals surface area contributed by atoms with Crippen molar-refractivity contribution in [2.24, 2.45) is 0 Å². The Hall–Kier alpha value is -3.72. The molecule has 0 unspecified atom stereocenters. The molecule has 0 saturated carbocycles. The van der Waals surface area contributed by atoms with Gasteiger partial charge in [0.25, 0.3) is 11.2 Å². The van der Waals surface area contributed by atoms with Gasteiger partial charge in [0.15, 0.2) is 11.5 Å². The number of thiophene rings is 1. The van der Waals surface area contributed by atoms with Crippen LogP contribution < -0.4 is 15.0 Å². The second kappa shape index (κ2) is 8.80. The molecule has 0 fully saturated rings. The topological polar surface area (TPSA) is 107 Å². The quantitative estimate of drug-likeness (QED) is 0.307. The van der Waals surface area contributed by atoms with Gasteiger partial charge in [0, 0.05) is 22.6 Å². The number of nitro groups is 1. The summed E-state index contributed by atoms with van der Waals surface area (Å²) in [4.78, 5) is 32.3. The van der Waals surface area contributed by atoms with Gasteiger partial charge in [-0.1, -0.05) is 0 Å². The van der Waals surface area contributed by atoms with Crippen molar-refractivity contribution in [2.75, 3.05) is 6.61 Å². The number of hydrogen-bond donors (Lipinski definition) is 1. The largest absolute Gasteiger partial charge is 0.490 e. The fraction of sp³-hybridized carbons (Fsp3) is 0.217. The summed E-state index contributed by atoms with van der Waals surface area (Å²) < 4.78 is 11.6. The monoisotopic (exact) mass is 451 g/mol. The Kier molecular flexibility index (Phi) is 5.91. The highest BCUT2D eigenvalue weighted by molar-refractivity contribution is 7.18. The van der Waals surface area contributed by atoms with E-state index >= 15 is 0 Å². The predicted octanol–water partition coefficient (Wildman–Crippen LogP) is 5.15. The average Bonchev–Trinajstić information content (AvgIpc) is 3.07. The third-order valence-corrected chi connectivity index (χ3v) is 6.20. The third-order valence-electron chi connectivity index (χ3n) is 5.10. The number of rotatable bonds is 7. The van der Waals surface area contributed by atoms with E-state index in [4.69, 9.17) is 9.47 Å². The van der Waals surface area contributed by atoms with E-state index in [9.17, 15) is 14.9 Å². The smallest absolute Gasteiger partial charge is 0.269 e.